The van der Waals surface area contributed by atoms with Crippen LogP contribution in [0.5, 0.6) is 0 Å². The van der Waals surface area contributed by atoms with E-state index in [9.17, 15) is 0 Å². The quantitative estimate of drug-likeness (QED) is 0.350. The minimum atomic E-state index is -1.75. The zero-order chi connectivity index (χ0) is 8.41. The van der Waals surface area contributed by atoms with Crippen molar-refractivity contribution in [2.45, 2.75) is 39.5 Å². The SMILES string of the molecule is CCCCCC.O=[N+]([O-])[O-]. The fourth-order valence-electron chi connectivity index (χ4n) is 0.500. The maximum Gasteiger partial charge on any atom is 0.0689 e. The van der Waals surface area contributed by atoms with E-state index >= 15 is 0 Å². The highest BCUT2D eigenvalue weighted by Gasteiger charge is 1.75. The molecule has 10 heavy (non-hydrogen) atoms. The van der Waals surface area contributed by atoms with Crippen molar-refractivity contribution in [3.8, 4) is 0 Å². The molecule has 0 unspecified atom stereocenters. The van der Waals surface area contributed by atoms with Crippen LogP contribution in [0.3, 0.4) is 0 Å². The maximum absolute atomic E-state index is 8.25. The van der Waals surface area contributed by atoms with Crippen LogP contribution in [0.25, 0.3) is 0 Å². The Morgan fingerprint density at radius 3 is 1.40 bits per heavy atom. The van der Waals surface area contributed by atoms with Crippen LogP contribution < -0.4 is 0 Å². The van der Waals surface area contributed by atoms with E-state index in [1.54, 1.807) is 0 Å². The standard InChI is InChI=1S/C6H14.NO3/c1-3-5-6-4-2;2-1(3)4/h3-6H2,1-2H3;/q;-1. The van der Waals surface area contributed by atoms with Gasteiger partial charge < -0.3 is 15.3 Å². The van der Waals surface area contributed by atoms with Gasteiger partial charge in [0.15, 0.2) is 0 Å². The Kier molecular flexibility index (Phi) is 13.2. The van der Waals surface area contributed by atoms with Crippen molar-refractivity contribution in [2.24, 2.45) is 0 Å². The maximum atomic E-state index is 8.25. The molecule has 0 aromatic heterocycles. The van der Waals surface area contributed by atoms with Crippen LogP contribution in [-0.2, 0) is 0 Å². The Bertz CT molecular complexity index is 67.4. The second kappa shape index (κ2) is 11.1. The van der Waals surface area contributed by atoms with Crippen LogP contribution in [-0.4, -0.2) is 5.09 Å². The summed E-state index contributed by atoms with van der Waals surface area (Å²) in [5.41, 5.74) is 0. The smallest absolute Gasteiger partial charge is 0.0689 e. The first-order valence-corrected chi connectivity index (χ1v) is 3.46. The molecule has 0 amide bonds. The Labute approximate surface area is 61.0 Å². The first-order chi connectivity index (χ1) is 4.65. The Hall–Kier alpha value is -0.800. The summed E-state index contributed by atoms with van der Waals surface area (Å²) in [5, 5.41) is 14.8. The fraction of sp³-hybridized carbons (Fsp3) is 1.00. The van der Waals surface area contributed by atoms with E-state index < -0.39 is 5.09 Å². The van der Waals surface area contributed by atoms with Crippen LogP contribution >= 0.6 is 0 Å². The zero-order valence-corrected chi connectivity index (χ0v) is 6.50. The molecule has 0 rings (SSSR count). The van der Waals surface area contributed by atoms with Crippen LogP contribution in [0, 0.1) is 15.3 Å². The molecule has 4 heteroatoms. The van der Waals surface area contributed by atoms with Gasteiger partial charge in [-0.25, -0.2) is 0 Å². The predicted molar refractivity (Wildman–Crippen MR) is 40.2 cm³/mol. The Morgan fingerprint density at radius 2 is 1.30 bits per heavy atom. The molecule has 0 saturated heterocycles. The summed E-state index contributed by atoms with van der Waals surface area (Å²) in [6.07, 6.45) is 5.54. The van der Waals surface area contributed by atoms with E-state index in [0.717, 1.165) is 0 Å². The molecule has 0 aliphatic heterocycles. The molecule has 62 valence electrons. The molecule has 0 atom stereocenters. The summed E-state index contributed by atoms with van der Waals surface area (Å²) in [4.78, 5) is 8.25. The summed E-state index contributed by atoms with van der Waals surface area (Å²) in [7, 11) is 0. The summed E-state index contributed by atoms with van der Waals surface area (Å²) in [5.74, 6) is 0. The first-order valence-electron chi connectivity index (χ1n) is 3.46. The number of hydrogen-bond acceptors (Lipinski definition) is 3. The molecule has 0 heterocycles. The molecular weight excluding hydrogens is 134 g/mol. The van der Waals surface area contributed by atoms with Gasteiger partial charge >= 0.3 is 0 Å². The van der Waals surface area contributed by atoms with Crippen LogP contribution in [0.4, 0.5) is 0 Å². The zero-order valence-electron chi connectivity index (χ0n) is 6.50. The largest absolute Gasteiger partial charge is 0.356 e. The molecule has 0 bridgehead atoms. The van der Waals surface area contributed by atoms with Crippen molar-refractivity contribution >= 4 is 0 Å². The molecule has 0 aliphatic carbocycles. The predicted octanol–water partition coefficient (Wildman–Crippen LogP) is 2.35. The summed E-state index contributed by atoms with van der Waals surface area (Å²) in [6.45, 7) is 4.46. The van der Waals surface area contributed by atoms with Gasteiger partial charge in [0.2, 0.25) is 0 Å². The lowest BCUT2D eigenvalue weighted by atomic mass is 10.2. The molecule has 0 saturated carbocycles. The van der Waals surface area contributed by atoms with Gasteiger partial charge in [0.05, 0.1) is 5.09 Å². The second-order valence-electron chi connectivity index (χ2n) is 1.93. The number of unbranched alkanes of at least 4 members (excludes halogenated alkanes) is 3. The monoisotopic (exact) mass is 148 g/mol. The highest BCUT2D eigenvalue weighted by molar-refractivity contribution is 4.31. The van der Waals surface area contributed by atoms with Crippen LogP contribution in [0.1, 0.15) is 39.5 Å². The third-order valence-electron chi connectivity index (χ3n) is 0.957. The summed E-state index contributed by atoms with van der Waals surface area (Å²) >= 11 is 0. The molecule has 0 radical (unpaired) electrons. The molecule has 4 nitrogen and oxygen atoms in total. The van der Waals surface area contributed by atoms with E-state index in [-0.39, 0.29) is 0 Å². The van der Waals surface area contributed by atoms with E-state index in [2.05, 4.69) is 13.8 Å². The number of nitrogens with zero attached hydrogens (tertiary/aromatic N) is 1. The van der Waals surface area contributed by atoms with E-state index in [0.29, 0.717) is 0 Å². The average molecular weight is 148 g/mol. The third-order valence-corrected chi connectivity index (χ3v) is 0.957. The van der Waals surface area contributed by atoms with Gasteiger partial charge in [-0.1, -0.05) is 39.5 Å². The molecule has 0 aliphatic rings. The van der Waals surface area contributed by atoms with Gasteiger partial charge in [-0.05, 0) is 0 Å². The van der Waals surface area contributed by atoms with Gasteiger partial charge in [0.1, 0.15) is 0 Å². The number of hydrogen-bond donors (Lipinski definition) is 0. The van der Waals surface area contributed by atoms with E-state index in [1.807, 2.05) is 0 Å². The Morgan fingerprint density at radius 1 is 1.10 bits per heavy atom. The summed E-state index contributed by atoms with van der Waals surface area (Å²) in [6, 6.07) is 0. The average Bonchev–Trinajstić information content (AvgIpc) is 1.82. The van der Waals surface area contributed by atoms with Gasteiger partial charge in [-0.3, -0.25) is 0 Å². The molecule has 0 aromatic carbocycles. The topological polar surface area (TPSA) is 66.2 Å². The van der Waals surface area contributed by atoms with Crippen LogP contribution in [0.2, 0.25) is 0 Å². The summed E-state index contributed by atoms with van der Waals surface area (Å²) < 4.78 is 0. The minimum absolute atomic E-state index is 1.36. The van der Waals surface area contributed by atoms with Crippen molar-refractivity contribution in [2.75, 3.05) is 0 Å². The van der Waals surface area contributed by atoms with Gasteiger partial charge in [-0.2, -0.15) is 0 Å². The van der Waals surface area contributed by atoms with Gasteiger partial charge in [-0.15, -0.1) is 0 Å². The van der Waals surface area contributed by atoms with Crippen LogP contribution in [0.15, 0.2) is 0 Å². The third kappa shape index (κ3) is 57.2. The van der Waals surface area contributed by atoms with Crippen molar-refractivity contribution in [3.05, 3.63) is 15.3 Å². The lowest BCUT2D eigenvalue weighted by Crippen LogP contribution is -1.74. The van der Waals surface area contributed by atoms with Crippen molar-refractivity contribution in [1.29, 1.82) is 0 Å². The fourth-order valence-corrected chi connectivity index (χ4v) is 0.500. The molecular formula is C6H14NO3-. The molecule has 0 N–H and O–H groups in total. The normalized spacial score (nSPS) is 7.80. The van der Waals surface area contributed by atoms with Crippen molar-refractivity contribution in [1.82, 2.24) is 0 Å². The minimum Gasteiger partial charge on any atom is -0.356 e. The van der Waals surface area contributed by atoms with Crippen molar-refractivity contribution in [3.63, 3.8) is 0 Å². The van der Waals surface area contributed by atoms with E-state index in [1.165, 1.54) is 25.7 Å². The van der Waals surface area contributed by atoms with Gasteiger partial charge in [0.25, 0.3) is 0 Å². The lowest BCUT2D eigenvalue weighted by molar-refractivity contribution is -0.402. The number of rotatable bonds is 3. The second-order valence-corrected chi connectivity index (χ2v) is 1.93. The molecule has 0 aromatic rings. The first kappa shape index (κ1) is 11.9. The Balaban J connectivity index is 0. The van der Waals surface area contributed by atoms with Gasteiger partial charge in [0, 0.05) is 0 Å². The molecule has 0 spiro atoms. The van der Waals surface area contributed by atoms with E-state index in [4.69, 9.17) is 15.3 Å². The molecule has 0 fully saturated rings. The highest BCUT2D eigenvalue weighted by atomic mass is 16.9. The lowest BCUT2D eigenvalue weighted by Gasteiger charge is -1.86. The highest BCUT2D eigenvalue weighted by Crippen LogP contribution is 1.95. The van der Waals surface area contributed by atoms with Crippen molar-refractivity contribution < 1.29 is 5.09 Å².